The van der Waals surface area contributed by atoms with Crippen LogP contribution in [0.4, 0.5) is 0 Å². The third kappa shape index (κ3) is 4.85. The van der Waals surface area contributed by atoms with E-state index in [1.165, 1.54) is 43.5 Å². The number of hydrogen-bond acceptors (Lipinski definition) is 5. The summed E-state index contributed by atoms with van der Waals surface area (Å²) < 4.78 is 0. The molecule has 2 aromatic rings. The molecule has 0 bridgehead atoms. The first-order valence-electron chi connectivity index (χ1n) is 13.1. The Morgan fingerprint density at radius 3 is 2.28 bits per heavy atom. The second-order valence-electron chi connectivity index (χ2n) is 10.2. The van der Waals surface area contributed by atoms with Crippen molar-refractivity contribution in [2.24, 2.45) is 5.92 Å². The molecule has 1 unspecified atom stereocenters. The Labute approximate surface area is 211 Å². The van der Waals surface area contributed by atoms with E-state index in [1.807, 2.05) is 6.07 Å². The number of fused-ring (bicyclic) bond motifs is 1. The van der Waals surface area contributed by atoms with Gasteiger partial charge in [-0.05, 0) is 73.9 Å². The lowest BCUT2D eigenvalue weighted by molar-refractivity contribution is -0.136. The molecule has 0 spiro atoms. The van der Waals surface area contributed by atoms with E-state index >= 15 is 0 Å². The Kier molecular flexibility index (Phi) is 7.01. The van der Waals surface area contributed by atoms with Crippen LogP contribution in [0.5, 0.6) is 0 Å². The van der Waals surface area contributed by atoms with Crippen LogP contribution in [0.2, 0.25) is 0 Å². The fourth-order valence-electron chi connectivity index (χ4n) is 5.69. The van der Waals surface area contributed by atoms with Crippen molar-refractivity contribution < 1.29 is 19.2 Å². The molecule has 3 heterocycles. The van der Waals surface area contributed by atoms with Gasteiger partial charge < -0.3 is 0 Å². The van der Waals surface area contributed by atoms with Gasteiger partial charge in [-0.2, -0.15) is 0 Å². The fraction of sp³-hybridized carbons (Fsp3) is 0.448. The van der Waals surface area contributed by atoms with Gasteiger partial charge in [-0.3, -0.25) is 34.3 Å². The maximum absolute atomic E-state index is 13.3. The normalized spacial score (nSPS) is 21.1. The molecule has 7 nitrogen and oxygen atoms in total. The van der Waals surface area contributed by atoms with E-state index in [2.05, 4.69) is 41.4 Å². The van der Waals surface area contributed by atoms with Crippen molar-refractivity contribution in [3.05, 3.63) is 70.3 Å². The third-order valence-electron chi connectivity index (χ3n) is 7.95. The summed E-state index contributed by atoms with van der Waals surface area (Å²) in [6.07, 6.45) is 5.50. The fourth-order valence-corrected chi connectivity index (χ4v) is 5.69. The van der Waals surface area contributed by atoms with E-state index in [4.69, 9.17) is 0 Å². The number of rotatable bonds is 7. The molecule has 2 fully saturated rings. The second kappa shape index (κ2) is 10.3. The molecule has 188 valence electrons. The van der Waals surface area contributed by atoms with Crippen LogP contribution in [0.15, 0.2) is 42.5 Å². The van der Waals surface area contributed by atoms with Crippen molar-refractivity contribution in [1.29, 1.82) is 0 Å². The Bertz CT molecular complexity index is 1180. The van der Waals surface area contributed by atoms with Crippen LogP contribution < -0.4 is 5.32 Å². The molecule has 3 aliphatic rings. The number of hydrogen-bond donors (Lipinski definition) is 1. The first-order valence-corrected chi connectivity index (χ1v) is 13.1. The van der Waals surface area contributed by atoms with Gasteiger partial charge in [-0.1, -0.05) is 49.7 Å². The Hall–Kier alpha value is -3.32. The van der Waals surface area contributed by atoms with Crippen LogP contribution in [0.3, 0.4) is 0 Å². The van der Waals surface area contributed by atoms with Gasteiger partial charge >= 0.3 is 0 Å². The van der Waals surface area contributed by atoms with Gasteiger partial charge in [0.05, 0.1) is 11.1 Å². The first kappa shape index (κ1) is 24.4. The maximum Gasteiger partial charge on any atom is 0.262 e. The molecule has 1 N–H and O–H groups in total. The molecule has 0 aromatic heterocycles. The second-order valence-corrected chi connectivity index (χ2v) is 10.2. The molecule has 5 rings (SSSR count). The van der Waals surface area contributed by atoms with Crippen LogP contribution in [-0.2, 0) is 29.0 Å². The van der Waals surface area contributed by atoms with Crippen LogP contribution in [0.25, 0.3) is 0 Å². The number of aryl methyl sites for hydroxylation is 2. The lowest BCUT2D eigenvalue weighted by Gasteiger charge is -2.31. The molecule has 4 amide bonds. The van der Waals surface area contributed by atoms with Crippen molar-refractivity contribution in [2.75, 3.05) is 13.1 Å². The van der Waals surface area contributed by atoms with Gasteiger partial charge in [0.2, 0.25) is 11.8 Å². The SMILES string of the molecule is CCC1CCN(Cc2ccc(CCc3cccc4c3C(=O)N(C3CCC(=O)NC3=O)C4=O)cc2)CC1. The largest absolute Gasteiger partial charge is 0.299 e. The lowest BCUT2D eigenvalue weighted by Crippen LogP contribution is -2.54. The zero-order valence-electron chi connectivity index (χ0n) is 20.8. The molecule has 2 saturated heterocycles. The summed E-state index contributed by atoms with van der Waals surface area (Å²) in [5, 5.41) is 2.24. The van der Waals surface area contributed by atoms with Crippen molar-refractivity contribution in [3.8, 4) is 0 Å². The van der Waals surface area contributed by atoms with Crippen molar-refractivity contribution in [1.82, 2.24) is 15.1 Å². The molecule has 36 heavy (non-hydrogen) atoms. The number of nitrogens with zero attached hydrogens (tertiary/aromatic N) is 2. The van der Waals surface area contributed by atoms with E-state index in [0.717, 1.165) is 29.3 Å². The highest BCUT2D eigenvalue weighted by molar-refractivity contribution is 6.24. The average molecular weight is 488 g/mol. The van der Waals surface area contributed by atoms with E-state index < -0.39 is 23.8 Å². The van der Waals surface area contributed by atoms with Gasteiger partial charge in [0, 0.05) is 13.0 Å². The van der Waals surface area contributed by atoms with Crippen LogP contribution in [-0.4, -0.2) is 52.6 Å². The smallest absolute Gasteiger partial charge is 0.262 e. The average Bonchev–Trinajstić information content (AvgIpc) is 3.14. The van der Waals surface area contributed by atoms with Gasteiger partial charge in [0.1, 0.15) is 6.04 Å². The first-order chi connectivity index (χ1) is 17.4. The number of piperidine rings is 2. The number of carbonyl (C=O) groups excluding carboxylic acids is 4. The summed E-state index contributed by atoms with van der Waals surface area (Å²) in [6.45, 7) is 5.60. The molecule has 3 aliphatic heterocycles. The predicted octanol–water partition coefficient (Wildman–Crippen LogP) is 3.50. The van der Waals surface area contributed by atoms with Crippen molar-refractivity contribution >= 4 is 23.6 Å². The minimum atomic E-state index is -0.941. The molecular formula is C29H33N3O4. The number of carbonyl (C=O) groups is 4. The highest BCUT2D eigenvalue weighted by Crippen LogP contribution is 2.30. The van der Waals surface area contributed by atoms with Gasteiger partial charge in [0.15, 0.2) is 0 Å². The monoisotopic (exact) mass is 487 g/mol. The van der Waals surface area contributed by atoms with E-state index in [0.29, 0.717) is 17.5 Å². The molecular weight excluding hydrogens is 454 g/mol. The number of nitrogens with one attached hydrogen (secondary N) is 1. The van der Waals surface area contributed by atoms with Gasteiger partial charge in [-0.15, -0.1) is 0 Å². The zero-order chi connectivity index (χ0) is 25.2. The topological polar surface area (TPSA) is 86.8 Å². The molecule has 1 atom stereocenters. The lowest BCUT2D eigenvalue weighted by atomic mass is 9.94. The minimum Gasteiger partial charge on any atom is -0.299 e. The van der Waals surface area contributed by atoms with Crippen LogP contribution in [0.1, 0.15) is 76.4 Å². The van der Waals surface area contributed by atoms with E-state index in [9.17, 15) is 19.2 Å². The van der Waals surface area contributed by atoms with E-state index in [-0.39, 0.29) is 18.7 Å². The summed E-state index contributed by atoms with van der Waals surface area (Å²) >= 11 is 0. The summed E-state index contributed by atoms with van der Waals surface area (Å²) in [4.78, 5) is 53.7. The van der Waals surface area contributed by atoms with E-state index in [1.54, 1.807) is 12.1 Å². The maximum atomic E-state index is 13.3. The standard InChI is InChI=1S/C29H33N3O4/c1-2-19-14-16-31(17-15-19)18-21-8-6-20(7-9-21)10-11-22-4-3-5-23-26(22)29(36)32(28(23)35)24-12-13-25(33)30-27(24)34/h3-9,19,24H,2,10-18H2,1H3,(H,30,33,34). The number of imide groups is 2. The molecule has 0 aliphatic carbocycles. The predicted molar refractivity (Wildman–Crippen MR) is 135 cm³/mol. The van der Waals surface area contributed by atoms with Crippen LogP contribution >= 0.6 is 0 Å². The molecule has 0 saturated carbocycles. The number of amides is 4. The highest BCUT2D eigenvalue weighted by Gasteiger charge is 2.45. The summed E-state index contributed by atoms with van der Waals surface area (Å²) in [7, 11) is 0. The quantitative estimate of drug-likeness (QED) is 0.604. The minimum absolute atomic E-state index is 0.115. The Morgan fingerprint density at radius 1 is 0.861 bits per heavy atom. The van der Waals surface area contributed by atoms with Crippen molar-refractivity contribution in [3.63, 3.8) is 0 Å². The Morgan fingerprint density at radius 2 is 1.58 bits per heavy atom. The summed E-state index contributed by atoms with van der Waals surface area (Å²) in [6, 6.07) is 13.1. The van der Waals surface area contributed by atoms with Crippen molar-refractivity contribution in [2.45, 2.75) is 64.5 Å². The Balaban J connectivity index is 1.23. The molecule has 0 radical (unpaired) electrons. The summed E-state index contributed by atoms with van der Waals surface area (Å²) in [5.74, 6) is -0.986. The van der Waals surface area contributed by atoms with Gasteiger partial charge in [0.25, 0.3) is 11.8 Å². The van der Waals surface area contributed by atoms with Gasteiger partial charge in [-0.25, -0.2) is 0 Å². The molecule has 7 heteroatoms. The summed E-state index contributed by atoms with van der Waals surface area (Å²) in [5.41, 5.74) is 4.03. The van der Waals surface area contributed by atoms with Crippen LogP contribution in [0, 0.1) is 5.92 Å². The number of benzene rings is 2. The molecule has 2 aromatic carbocycles. The third-order valence-corrected chi connectivity index (χ3v) is 7.95. The zero-order valence-corrected chi connectivity index (χ0v) is 20.8. The highest BCUT2D eigenvalue weighted by atomic mass is 16.2. The number of likely N-dealkylation sites (tertiary alicyclic amines) is 1.